The molecule has 0 saturated carbocycles. The molecule has 1 atom stereocenters. The molecule has 0 aliphatic carbocycles. The lowest BCUT2D eigenvalue weighted by atomic mass is 10.0. The van der Waals surface area contributed by atoms with Crippen molar-refractivity contribution in [1.29, 1.82) is 5.26 Å². The quantitative estimate of drug-likeness (QED) is 0.621. The first kappa shape index (κ1) is 18.8. The first-order valence-corrected chi connectivity index (χ1v) is 8.20. The molecule has 5 nitrogen and oxygen atoms in total. The number of ether oxygens (including phenoxy) is 2. The van der Waals surface area contributed by atoms with Crippen LogP contribution >= 0.6 is 0 Å². The van der Waals surface area contributed by atoms with E-state index in [1.807, 2.05) is 45.0 Å². The van der Waals surface area contributed by atoms with Gasteiger partial charge in [0.1, 0.15) is 17.4 Å². The first-order chi connectivity index (χ1) is 11.2. The molecule has 0 heterocycles. The monoisotopic (exact) mass is 318 g/mol. The summed E-state index contributed by atoms with van der Waals surface area (Å²) in [5, 5.41) is 9.19. The first-order valence-electron chi connectivity index (χ1n) is 8.20. The molecular formula is C18H26N2O3. The number of rotatable bonds is 10. The van der Waals surface area contributed by atoms with Gasteiger partial charge in [0, 0.05) is 19.2 Å². The molecule has 1 amide bonds. The number of benzene rings is 1. The molecule has 1 unspecified atom stereocenters. The number of nitriles is 1. The molecule has 126 valence electrons. The Morgan fingerprint density at radius 3 is 2.43 bits per heavy atom. The van der Waals surface area contributed by atoms with Gasteiger partial charge in [-0.2, -0.15) is 5.26 Å². The Balaban J connectivity index is 2.42. The van der Waals surface area contributed by atoms with Crippen LogP contribution in [0, 0.1) is 17.2 Å². The number of hydrogen-bond acceptors (Lipinski definition) is 4. The average Bonchev–Trinajstić information content (AvgIpc) is 2.56. The van der Waals surface area contributed by atoms with Gasteiger partial charge < -0.3 is 14.4 Å². The zero-order chi connectivity index (χ0) is 17.1. The lowest BCUT2D eigenvalue weighted by molar-refractivity contribution is -0.133. The summed E-state index contributed by atoms with van der Waals surface area (Å²) in [6.45, 7) is 8.12. The van der Waals surface area contributed by atoms with Crippen LogP contribution in [-0.4, -0.2) is 37.1 Å². The van der Waals surface area contributed by atoms with Crippen molar-refractivity contribution in [3.8, 4) is 17.6 Å². The van der Waals surface area contributed by atoms with Gasteiger partial charge in [0.25, 0.3) is 0 Å². The molecule has 1 aromatic rings. The second-order valence-electron chi connectivity index (χ2n) is 5.09. The Kier molecular flexibility index (Phi) is 8.59. The molecule has 0 radical (unpaired) electrons. The Morgan fingerprint density at radius 1 is 1.22 bits per heavy atom. The molecule has 0 fully saturated rings. The minimum atomic E-state index is -0.590. The lowest BCUT2D eigenvalue weighted by Gasteiger charge is -2.21. The summed E-state index contributed by atoms with van der Waals surface area (Å²) < 4.78 is 11.1. The Morgan fingerprint density at radius 2 is 1.87 bits per heavy atom. The van der Waals surface area contributed by atoms with Crippen LogP contribution in [0.2, 0.25) is 0 Å². The third-order valence-corrected chi connectivity index (χ3v) is 3.55. The van der Waals surface area contributed by atoms with E-state index in [-0.39, 0.29) is 5.91 Å². The van der Waals surface area contributed by atoms with Crippen molar-refractivity contribution < 1.29 is 14.3 Å². The number of hydrogen-bond donors (Lipinski definition) is 0. The van der Waals surface area contributed by atoms with E-state index in [1.54, 1.807) is 4.90 Å². The maximum atomic E-state index is 12.2. The fourth-order valence-electron chi connectivity index (χ4n) is 2.30. The van der Waals surface area contributed by atoms with Gasteiger partial charge in [-0.3, -0.25) is 4.79 Å². The fourth-order valence-corrected chi connectivity index (χ4v) is 2.30. The van der Waals surface area contributed by atoms with Crippen LogP contribution in [0.25, 0.3) is 0 Å². The van der Waals surface area contributed by atoms with Crippen molar-refractivity contribution in [1.82, 2.24) is 4.90 Å². The molecule has 0 saturated heterocycles. The normalized spacial score (nSPS) is 11.4. The highest BCUT2D eigenvalue weighted by atomic mass is 16.5. The van der Waals surface area contributed by atoms with Crippen LogP contribution < -0.4 is 9.47 Å². The smallest absolute Gasteiger partial charge is 0.239 e. The zero-order valence-corrected chi connectivity index (χ0v) is 14.2. The summed E-state index contributed by atoms with van der Waals surface area (Å²) in [6, 6.07) is 9.57. The van der Waals surface area contributed by atoms with Crippen molar-refractivity contribution in [2.75, 3.05) is 26.3 Å². The van der Waals surface area contributed by atoms with Crippen molar-refractivity contribution >= 4 is 5.91 Å². The van der Waals surface area contributed by atoms with E-state index in [4.69, 9.17) is 9.47 Å². The van der Waals surface area contributed by atoms with E-state index in [9.17, 15) is 10.1 Å². The van der Waals surface area contributed by atoms with Gasteiger partial charge in [-0.15, -0.1) is 0 Å². The van der Waals surface area contributed by atoms with Crippen molar-refractivity contribution in [3.05, 3.63) is 24.3 Å². The third kappa shape index (κ3) is 6.19. The van der Waals surface area contributed by atoms with Crippen LogP contribution in [0.15, 0.2) is 24.3 Å². The Hall–Kier alpha value is -2.22. The molecule has 0 spiro atoms. The second kappa shape index (κ2) is 10.5. The molecule has 23 heavy (non-hydrogen) atoms. The highest BCUT2D eigenvalue weighted by molar-refractivity contribution is 5.81. The summed E-state index contributed by atoms with van der Waals surface area (Å²) in [5.74, 6) is 0.834. The predicted molar refractivity (Wildman–Crippen MR) is 89.4 cm³/mol. The van der Waals surface area contributed by atoms with Crippen molar-refractivity contribution in [3.63, 3.8) is 0 Å². The van der Waals surface area contributed by atoms with Gasteiger partial charge in [-0.25, -0.2) is 0 Å². The van der Waals surface area contributed by atoms with E-state index < -0.39 is 5.92 Å². The molecule has 0 aliphatic rings. The SMILES string of the molecule is CCOc1cccc(OCCCC(C#N)C(=O)N(CC)CC)c1. The van der Waals surface area contributed by atoms with E-state index in [1.165, 1.54) is 0 Å². The van der Waals surface area contributed by atoms with Crippen LogP contribution in [0.3, 0.4) is 0 Å². The number of amides is 1. The highest BCUT2D eigenvalue weighted by Gasteiger charge is 2.21. The topological polar surface area (TPSA) is 62.6 Å². The molecule has 1 aromatic carbocycles. The fraction of sp³-hybridized carbons (Fsp3) is 0.556. The van der Waals surface area contributed by atoms with Crippen molar-refractivity contribution in [2.45, 2.75) is 33.6 Å². The van der Waals surface area contributed by atoms with E-state index in [0.717, 1.165) is 11.5 Å². The molecule has 5 heteroatoms. The van der Waals surface area contributed by atoms with E-state index >= 15 is 0 Å². The summed E-state index contributed by atoms with van der Waals surface area (Å²) in [7, 11) is 0. The Labute approximate surface area is 138 Å². The van der Waals surface area contributed by atoms with Crippen LogP contribution in [-0.2, 0) is 4.79 Å². The maximum Gasteiger partial charge on any atom is 0.239 e. The average molecular weight is 318 g/mol. The van der Waals surface area contributed by atoms with Gasteiger partial charge in [-0.1, -0.05) is 6.07 Å². The summed E-state index contributed by atoms with van der Waals surface area (Å²) in [5.41, 5.74) is 0. The van der Waals surface area contributed by atoms with Gasteiger partial charge >= 0.3 is 0 Å². The molecule has 0 aromatic heterocycles. The lowest BCUT2D eigenvalue weighted by Crippen LogP contribution is -2.35. The van der Waals surface area contributed by atoms with E-state index in [2.05, 4.69) is 6.07 Å². The standard InChI is InChI=1S/C18H26N2O3/c1-4-20(5-2)18(21)15(14-19)9-8-12-23-17-11-7-10-16(13-17)22-6-3/h7,10-11,13,15H,4-6,8-9,12H2,1-3H3. The molecule has 0 N–H and O–H groups in total. The van der Waals surface area contributed by atoms with Gasteiger partial charge in [0.15, 0.2) is 0 Å². The van der Waals surface area contributed by atoms with Gasteiger partial charge in [0.05, 0.1) is 19.3 Å². The third-order valence-electron chi connectivity index (χ3n) is 3.55. The maximum absolute atomic E-state index is 12.2. The molecule has 0 bridgehead atoms. The number of nitrogens with zero attached hydrogens (tertiary/aromatic N) is 2. The Bertz CT molecular complexity index is 521. The molecular weight excluding hydrogens is 292 g/mol. The van der Waals surface area contributed by atoms with Crippen LogP contribution in [0.4, 0.5) is 0 Å². The van der Waals surface area contributed by atoms with Crippen LogP contribution in [0.5, 0.6) is 11.5 Å². The highest BCUT2D eigenvalue weighted by Crippen LogP contribution is 2.20. The predicted octanol–water partition coefficient (Wildman–Crippen LogP) is 3.25. The van der Waals surface area contributed by atoms with Gasteiger partial charge in [-0.05, 0) is 45.7 Å². The largest absolute Gasteiger partial charge is 0.494 e. The van der Waals surface area contributed by atoms with Gasteiger partial charge in [0.2, 0.25) is 5.91 Å². The molecule has 1 rings (SSSR count). The minimum Gasteiger partial charge on any atom is -0.494 e. The number of carbonyl (C=O) groups excluding carboxylic acids is 1. The summed E-state index contributed by atoms with van der Waals surface area (Å²) in [4.78, 5) is 13.9. The summed E-state index contributed by atoms with van der Waals surface area (Å²) in [6.07, 6.45) is 1.17. The second-order valence-corrected chi connectivity index (χ2v) is 5.09. The zero-order valence-electron chi connectivity index (χ0n) is 14.2. The van der Waals surface area contributed by atoms with Crippen LogP contribution in [0.1, 0.15) is 33.6 Å². The summed E-state index contributed by atoms with van der Waals surface area (Å²) >= 11 is 0. The molecule has 0 aliphatic heterocycles. The van der Waals surface area contributed by atoms with E-state index in [0.29, 0.717) is 39.1 Å². The number of carbonyl (C=O) groups is 1. The van der Waals surface area contributed by atoms with Crippen molar-refractivity contribution in [2.24, 2.45) is 5.92 Å². The minimum absolute atomic E-state index is 0.0872.